The summed E-state index contributed by atoms with van der Waals surface area (Å²) in [5, 5.41) is 7.25. The van der Waals surface area contributed by atoms with Crippen LogP contribution in [0.5, 0.6) is 17.4 Å². The van der Waals surface area contributed by atoms with Crippen LogP contribution in [-0.2, 0) is 0 Å². The number of ether oxygens (including phenoxy) is 3. The van der Waals surface area contributed by atoms with E-state index in [9.17, 15) is 0 Å². The van der Waals surface area contributed by atoms with Crippen LogP contribution in [0.1, 0.15) is 12.8 Å². The van der Waals surface area contributed by atoms with Crippen molar-refractivity contribution in [3.63, 3.8) is 0 Å². The fourth-order valence-corrected chi connectivity index (χ4v) is 2.52. The van der Waals surface area contributed by atoms with Gasteiger partial charge >= 0.3 is 0 Å². The summed E-state index contributed by atoms with van der Waals surface area (Å²) in [6, 6.07) is 5.02. The number of aromatic nitrogens is 2. The summed E-state index contributed by atoms with van der Waals surface area (Å²) in [6.07, 6.45) is 2.79. The summed E-state index contributed by atoms with van der Waals surface area (Å²) in [4.78, 5) is -0.470. The number of aromatic amines is 1. The molecule has 0 fully saturated rings. The highest BCUT2D eigenvalue weighted by Crippen LogP contribution is 2.37. The Morgan fingerprint density at radius 2 is 1.71 bits per heavy atom. The van der Waals surface area contributed by atoms with Crippen molar-refractivity contribution in [3.05, 3.63) is 34.4 Å². The molecule has 0 saturated carbocycles. The van der Waals surface area contributed by atoms with E-state index in [1.807, 2.05) is 0 Å². The Labute approximate surface area is 160 Å². The molecule has 0 unspecified atom stereocenters. The molecule has 24 heavy (non-hydrogen) atoms. The lowest BCUT2D eigenvalue weighted by Crippen LogP contribution is -2.06. The normalized spacial score (nSPS) is 10.9. The number of H-pyrrole nitrogens is 1. The molecule has 1 aromatic heterocycles. The van der Waals surface area contributed by atoms with E-state index in [4.69, 9.17) is 60.6 Å². The molecule has 1 heterocycles. The fourth-order valence-electron chi connectivity index (χ4n) is 1.76. The Morgan fingerprint density at radius 3 is 2.33 bits per heavy atom. The van der Waals surface area contributed by atoms with Gasteiger partial charge < -0.3 is 14.2 Å². The van der Waals surface area contributed by atoms with Crippen molar-refractivity contribution in [2.75, 3.05) is 19.8 Å². The Morgan fingerprint density at radius 1 is 1.00 bits per heavy atom. The van der Waals surface area contributed by atoms with Crippen molar-refractivity contribution in [3.8, 4) is 17.4 Å². The van der Waals surface area contributed by atoms with Crippen LogP contribution in [0.3, 0.4) is 0 Å². The molecular formula is C15H16Cl4N2O3. The SMILES string of the molecule is Clc1cc(OCCC(Cl)Cl)cc(Cl)c1OCCCOc1ccn[nH]1. The minimum Gasteiger partial charge on any atom is -0.493 e. The fraction of sp³-hybridized carbons (Fsp3) is 0.400. The predicted octanol–water partition coefficient (Wildman–Crippen LogP) is 5.14. The summed E-state index contributed by atoms with van der Waals surface area (Å²) in [7, 11) is 0. The second-order valence-corrected chi connectivity index (χ2v) is 6.81. The van der Waals surface area contributed by atoms with Gasteiger partial charge in [-0.05, 0) is 0 Å². The number of alkyl halides is 2. The first-order chi connectivity index (χ1) is 11.6. The highest BCUT2D eigenvalue weighted by molar-refractivity contribution is 6.44. The van der Waals surface area contributed by atoms with Crippen LogP contribution >= 0.6 is 46.4 Å². The highest BCUT2D eigenvalue weighted by atomic mass is 35.5. The third kappa shape index (κ3) is 6.48. The van der Waals surface area contributed by atoms with Crippen molar-refractivity contribution < 1.29 is 14.2 Å². The number of nitrogens with one attached hydrogen (secondary N) is 1. The first kappa shape index (κ1) is 19.3. The summed E-state index contributed by atoms with van der Waals surface area (Å²) < 4.78 is 16.5. The maximum absolute atomic E-state index is 6.18. The van der Waals surface area contributed by atoms with Gasteiger partial charge in [0.2, 0.25) is 5.88 Å². The molecule has 0 bridgehead atoms. The number of hydrogen-bond donors (Lipinski definition) is 1. The molecule has 0 aliphatic carbocycles. The molecule has 132 valence electrons. The van der Waals surface area contributed by atoms with Crippen molar-refractivity contribution in [1.29, 1.82) is 0 Å². The molecule has 0 aliphatic heterocycles. The molecule has 2 rings (SSSR count). The molecule has 5 nitrogen and oxygen atoms in total. The van der Waals surface area contributed by atoms with Gasteiger partial charge in [-0.15, -0.1) is 23.2 Å². The first-order valence-corrected chi connectivity index (χ1v) is 8.84. The van der Waals surface area contributed by atoms with Crippen molar-refractivity contribution >= 4 is 46.4 Å². The van der Waals surface area contributed by atoms with E-state index >= 15 is 0 Å². The lowest BCUT2D eigenvalue weighted by molar-refractivity contribution is 0.242. The van der Waals surface area contributed by atoms with Crippen LogP contribution in [-0.4, -0.2) is 34.9 Å². The van der Waals surface area contributed by atoms with Crippen LogP contribution in [0.15, 0.2) is 24.4 Å². The smallest absolute Gasteiger partial charge is 0.208 e. The Balaban J connectivity index is 1.77. The molecule has 2 aromatic rings. The van der Waals surface area contributed by atoms with Crippen LogP contribution in [0, 0.1) is 0 Å². The van der Waals surface area contributed by atoms with E-state index in [1.54, 1.807) is 24.4 Å². The summed E-state index contributed by atoms with van der Waals surface area (Å²) in [5.74, 6) is 1.57. The average molecular weight is 414 g/mol. The standard InChI is InChI=1S/C15H16Cl4N2O3/c16-11-8-10(22-7-3-13(18)19)9-12(17)15(11)24-6-1-5-23-14-2-4-20-21-14/h2,4,8-9,13H,1,3,5-7H2,(H,20,21). The first-order valence-electron chi connectivity index (χ1n) is 7.21. The molecule has 0 saturated heterocycles. The topological polar surface area (TPSA) is 56.4 Å². The van der Waals surface area contributed by atoms with E-state index < -0.39 is 4.84 Å². The van der Waals surface area contributed by atoms with Gasteiger partial charge in [0.25, 0.3) is 0 Å². The summed E-state index contributed by atoms with van der Waals surface area (Å²) in [6.45, 7) is 1.26. The van der Waals surface area contributed by atoms with Gasteiger partial charge in [0.1, 0.15) is 10.6 Å². The van der Waals surface area contributed by atoms with E-state index in [1.165, 1.54) is 0 Å². The molecule has 1 aromatic carbocycles. The van der Waals surface area contributed by atoms with Crippen molar-refractivity contribution in [2.24, 2.45) is 0 Å². The van der Waals surface area contributed by atoms with Crippen molar-refractivity contribution in [2.45, 2.75) is 17.7 Å². The van der Waals surface area contributed by atoms with E-state index in [0.717, 1.165) is 0 Å². The number of rotatable bonds is 10. The zero-order valence-corrected chi connectivity index (χ0v) is 15.6. The quantitative estimate of drug-likeness (QED) is 0.432. The Kier molecular flexibility index (Phi) is 8.12. The van der Waals surface area contributed by atoms with Gasteiger partial charge in [-0.2, -0.15) is 5.10 Å². The van der Waals surface area contributed by atoms with Gasteiger partial charge in [-0.3, -0.25) is 0 Å². The number of halogens is 4. The lowest BCUT2D eigenvalue weighted by Gasteiger charge is -2.13. The minimum absolute atomic E-state index is 0.371. The zero-order chi connectivity index (χ0) is 17.4. The molecule has 0 radical (unpaired) electrons. The van der Waals surface area contributed by atoms with Gasteiger partial charge in [0.05, 0.1) is 36.1 Å². The monoisotopic (exact) mass is 412 g/mol. The largest absolute Gasteiger partial charge is 0.493 e. The second kappa shape index (κ2) is 10.1. The van der Waals surface area contributed by atoms with Crippen LogP contribution < -0.4 is 14.2 Å². The molecule has 0 aliphatic rings. The molecular weight excluding hydrogens is 398 g/mol. The molecule has 0 atom stereocenters. The second-order valence-electron chi connectivity index (χ2n) is 4.72. The predicted molar refractivity (Wildman–Crippen MR) is 96.3 cm³/mol. The van der Waals surface area contributed by atoms with Crippen LogP contribution in [0.2, 0.25) is 10.0 Å². The van der Waals surface area contributed by atoms with Gasteiger partial charge in [0.15, 0.2) is 5.75 Å². The van der Waals surface area contributed by atoms with Gasteiger partial charge in [-0.25, -0.2) is 5.10 Å². The third-order valence-corrected chi connectivity index (χ3v) is 3.84. The highest BCUT2D eigenvalue weighted by Gasteiger charge is 2.11. The molecule has 1 N–H and O–H groups in total. The summed E-state index contributed by atoms with van der Waals surface area (Å²) in [5.41, 5.74) is 0. The summed E-state index contributed by atoms with van der Waals surface area (Å²) >= 11 is 23.7. The lowest BCUT2D eigenvalue weighted by atomic mass is 10.3. The maximum Gasteiger partial charge on any atom is 0.208 e. The van der Waals surface area contributed by atoms with E-state index in [2.05, 4.69) is 10.2 Å². The van der Waals surface area contributed by atoms with Gasteiger partial charge in [0, 0.05) is 31.0 Å². The molecule has 9 heteroatoms. The van der Waals surface area contributed by atoms with Gasteiger partial charge in [-0.1, -0.05) is 23.2 Å². The van der Waals surface area contributed by atoms with Crippen molar-refractivity contribution in [1.82, 2.24) is 10.2 Å². The van der Waals surface area contributed by atoms with E-state index in [0.29, 0.717) is 60.1 Å². The molecule has 0 spiro atoms. The van der Waals surface area contributed by atoms with Crippen LogP contribution in [0.4, 0.5) is 0 Å². The van der Waals surface area contributed by atoms with Crippen LogP contribution in [0.25, 0.3) is 0 Å². The number of benzene rings is 1. The molecule has 0 amide bonds. The minimum atomic E-state index is -0.470. The van der Waals surface area contributed by atoms with E-state index in [-0.39, 0.29) is 0 Å². The average Bonchev–Trinajstić information content (AvgIpc) is 3.02. The Hall–Kier alpha value is -1.01. The Bertz CT molecular complexity index is 600. The number of hydrogen-bond acceptors (Lipinski definition) is 4. The zero-order valence-electron chi connectivity index (χ0n) is 12.6. The maximum atomic E-state index is 6.18. The third-order valence-electron chi connectivity index (χ3n) is 2.84. The number of nitrogens with zero attached hydrogens (tertiary/aromatic N) is 1.